The van der Waals surface area contributed by atoms with Crippen molar-refractivity contribution in [1.29, 1.82) is 0 Å². The number of benzene rings is 1. The van der Waals surface area contributed by atoms with Crippen molar-refractivity contribution >= 4 is 5.91 Å². The van der Waals surface area contributed by atoms with Crippen LogP contribution in [0.3, 0.4) is 0 Å². The maximum absolute atomic E-state index is 12.0. The molecule has 112 valence electrons. The predicted octanol–water partition coefficient (Wildman–Crippen LogP) is 2.84. The van der Waals surface area contributed by atoms with Crippen LogP contribution in [0.1, 0.15) is 38.2 Å². The van der Waals surface area contributed by atoms with Crippen molar-refractivity contribution in [1.82, 2.24) is 4.90 Å². The predicted molar refractivity (Wildman–Crippen MR) is 84.5 cm³/mol. The highest BCUT2D eigenvalue weighted by atomic mass is 16.2. The summed E-state index contributed by atoms with van der Waals surface area (Å²) in [6.45, 7) is 3.53. The third-order valence-corrected chi connectivity index (χ3v) is 3.85. The van der Waals surface area contributed by atoms with E-state index in [4.69, 9.17) is 5.73 Å². The van der Waals surface area contributed by atoms with Gasteiger partial charge in [0, 0.05) is 20.0 Å². The zero-order valence-corrected chi connectivity index (χ0v) is 12.8. The number of aryl methyl sites for hydroxylation is 1. The molecule has 0 spiro atoms. The normalized spacial score (nSPS) is 12.2. The van der Waals surface area contributed by atoms with Crippen molar-refractivity contribution in [3.8, 4) is 0 Å². The fourth-order valence-electron chi connectivity index (χ4n) is 2.24. The van der Waals surface area contributed by atoms with E-state index in [1.165, 1.54) is 5.56 Å². The van der Waals surface area contributed by atoms with Crippen molar-refractivity contribution in [2.24, 2.45) is 11.7 Å². The standard InChI is InChI=1S/C17H28N2O/c1-3-15(14-18)13-17(20)19(2)12-8-7-11-16-9-5-4-6-10-16/h4-6,9-10,15H,3,7-8,11-14,18H2,1-2H3. The van der Waals surface area contributed by atoms with Crippen LogP contribution in [-0.4, -0.2) is 30.9 Å². The summed E-state index contributed by atoms with van der Waals surface area (Å²) in [5, 5.41) is 0. The molecule has 0 radical (unpaired) electrons. The Kier molecular flexibility index (Phi) is 7.97. The Morgan fingerprint density at radius 1 is 1.25 bits per heavy atom. The third kappa shape index (κ3) is 6.20. The molecule has 2 N–H and O–H groups in total. The van der Waals surface area contributed by atoms with Gasteiger partial charge in [-0.05, 0) is 37.3 Å². The molecule has 0 aliphatic carbocycles. The van der Waals surface area contributed by atoms with Crippen molar-refractivity contribution in [3.63, 3.8) is 0 Å². The van der Waals surface area contributed by atoms with E-state index in [1.54, 1.807) is 0 Å². The number of nitrogens with two attached hydrogens (primary N) is 1. The lowest BCUT2D eigenvalue weighted by molar-refractivity contribution is -0.130. The number of nitrogens with zero attached hydrogens (tertiary/aromatic N) is 1. The fraction of sp³-hybridized carbons (Fsp3) is 0.588. The van der Waals surface area contributed by atoms with E-state index >= 15 is 0 Å². The van der Waals surface area contributed by atoms with Gasteiger partial charge in [0.05, 0.1) is 0 Å². The van der Waals surface area contributed by atoms with Gasteiger partial charge in [-0.15, -0.1) is 0 Å². The SMILES string of the molecule is CCC(CN)CC(=O)N(C)CCCCc1ccccc1. The number of amides is 1. The zero-order valence-electron chi connectivity index (χ0n) is 12.8. The molecule has 3 nitrogen and oxygen atoms in total. The molecule has 0 saturated carbocycles. The zero-order chi connectivity index (χ0) is 14.8. The van der Waals surface area contributed by atoms with Gasteiger partial charge >= 0.3 is 0 Å². The van der Waals surface area contributed by atoms with Crippen molar-refractivity contribution < 1.29 is 4.79 Å². The average molecular weight is 276 g/mol. The maximum atomic E-state index is 12.0. The van der Waals surface area contributed by atoms with Gasteiger partial charge < -0.3 is 10.6 Å². The molecule has 0 aliphatic heterocycles. The van der Waals surface area contributed by atoms with Gasteiger partial charge in [-0.2, -0.15) is 0 Å². The molecule has 1 amide bonds. The number of unbranched alkanes of at least 4 members (excludes halogenated alkanes) is 1. The minimum atomic E-state index is 0.224. The molecule has 1 rings (SSSR count). The van der Waals surface area contributed by atoms with Gasteiger partial charge in [0.2, 0.25) is 5.91 Å². The van der Waals surface area contributed by atoms with Crippen LogP contribution in [0, 0.1) is 5.92 Å². The van der Waals surface area contributed by atoms with E-state index in [0.29, 0.717) is 18.9 Å². The molecule has 0 heterocycles. The van der Waals surface area contributed by atoms with Crippen LogP contribution >= 0.6 is 0 Å². The van der Waals surface area contributed by atoms with E-state index in [0.717, 1.165) is 32.2 Å². The minimum absolute atomic E-state index is 0.224. The molecule has 0 fully saturated rings. The van der Waals surface area contributed by atoms with E-state index in [2.05, 4.69) is 31.2 Å². The van der Waals surface area contributed by atoms with E-state index < -0.39 is 0 Å². The van der Waals surface area contributed by atoms with Crippen LogP contribution in [0.15, 0.2) is 30.3 Å². The lowest BCUT2D eigenvalue weighted by atomic mass is 10.0. The lowest BCUT2D eigenvalue weighted by Crippen LogP contribution is -2.31. The van der Waals surface area contributed by atoms with Crippen molar-refractivity contribution in [3.05, 3.63) is 35.9 Å². The van der Waals surface area contributed by atoms with Crippen molar-refractivity contribution in [2.75, 3.05) is 20.1 Å². The Morgan fingerprint density at radius 2 is 1.95 bits per heavy atom. The molecule has 0 bridgehead atoms. The third-order valence-electron chi connectivity index (χ3n) is 3.85. The van der Waals surface area contributed by atoms with Crippen LogP contribution in [0.2, 0.25) is 0 Å². The second-order valence-electron chi connectivity index (χ2n) is 5.47. The summed E-state index contributed by atoms with van der Waals surface area (Å²) < 4.78 is 0. The molecule has 0 aromatic heterocycles. The van der Waals surface area contributed by atoms with E-state index in [1.807, 2.05) is 18.0 Å². The molecular formula is C17H28N2O. The Bertz CT molecular complexity index is 374. The maximum Gasteiger partial charge on any atom is 0.222 e. The van der Waals surface area contributed by atoms with Gasteiger partial charge in [-0.1, -0.05) is 43.7 Å². The second kappa shape index (κ2) is 9.54. The fourth-order valence-corrected chi connectivity index (χ4v) is 2.24. The summed E-state index contributed by atoms with van der Waals surface area (Å²) in [6.07, 6.45) is 4.82. The summed E-state index contributed by atoms with van der Waals surface area (Å²) in [4.78, 5) is 13.9. The molecule has 1 atom stereocenters. The average Bonchev–Trinajstić information content (AvgIpc) is 2.49. The number of hydrogen-bond donors (Lipinski definition) is 1. The number of hydrogen-bond acceptors (Lipinski definition) is 2. The van der Waals surface area contributed by atoms with Gasteiger partial charge in [0.1, 0.15) is 0 Å². The van der Waals surface area contributed by atoms with Crippen molar-refractivity contribution in [2.45, 2.75) is 39.0 Å². The van der Waals surface area contributed by atoms with Crippen LogP contribution in [0.4, 0.5) is 0 Å². The Morgan fingerprint density at radius 3 is 2.55 bits per heavy atom. The Balaban J connectivity index is 2.19. The van der Waals surface area contributed by atoms with Crippen LogP contribution < -0.4 is 5.73 Å². The topological polar surface area (TPSA) is 46.3 Å². The van der Waals surface area contributed by atoms with Gasteiger partial charge in [0.15, 0.2) is 0 Å². The molecule has 3 heteroatoms. The Hall–Kier alpha value is -1.35. The van der Waals surface area contributed by atoms with Crippen LogP contribution in [-0.2, 0) is 11.2 Å². The van der Waals surface area contributed by atoms with E-state index in [9.17, 15) is 4.79 Å². The first-order chi connectivity index (χ1) is 9.67. The first-order valence-corrected chi connectivity index (χ1v) is 7.65. The van der Waals surface area contributed by atoms with Crippen LogP contribution in [0.25, 0.3) is 0 Å². The molecule has 0 saturated heterocycles. The summed E-state index contributed by atoms with van der Waals surface area (Å²) in [5.41, 5.74) is 7.02. The van der Waals surface area contributed by atoms with Gasteiger partial charge in [-0.3, -0.25) is 4.79 Å². The summed E-state index contributed by atoms with van der Waals surface area (Å²) in [6, 6.07) is 10.5. The van der Waals surface area contributed by atoms with E-state index in [-0.39, 0.29) is 5.91 Å². The van der Waals surface area contributed by atoms with Gasteiger partial charge in [0.25, 0.3) is 0 Å². The number of rotatable bonds is 9. The minimum Gasteiger partial charge on any atom is -0.346 e. The monoisotopic (exact) mass is 276 g/mol. The summed E-state index contributed by atoms with van der Waals surface area (Å²) in [5.74, 6) is 0.552. The first-order valence-electron chi connectivity index (χ1n) is 7.65. The highest BCUT2D eigenvalue weighted by Gasteiger charge is 2.13. The molecule has 0 aliphatic rings. The Labute approximate surface area is 123 Å². The number of carbonyl (C=O) groups excluding carboxylic acids is 1. The quantitative estimate of drug-likeness (QED) is 0.705. The lowest BCUT2D eigenvalue weighted by Gasteiger charge is -2.20. The highest BCUT2D eigenvalue weighted by Crippen LogP contribution is 2.09. The highest BCUT2D eigenvalue weighted by molar-refractivity contribution is 5.76. The summed E-state index contributed by atoms with van der Waals surface area (Å²) in [7, 11) is 1.90. The smallest absolute Gasteiger partial charge is 0.222 e. The molecule has 1 unspecified atom stereocenters. The number of carbonyl (C=O) groups is 1. The molecule has 1 aromatic rings. The summed E-state index contributed by atoms with van der Waals surface area (Å²) >= 11 is 0. The first kappa shape index (κ1) is 16.7. The molecule has 20 heavy (non-hydrogen) atoms. The van der Waals surface area contributed by atoms with Crippen LogP contribution in [0.5, 0.6) is 0 Å². The van der Waals surface area contributed by atoms with Gasteiger partial charge in [-0.25, -0.2) is 0 Å². The molecular weight excluding hydrogens is 248 g/mol. The largest absolute Gasteiger partial charge is 0.346 e. The molecule has 1 aromatic carbocycles. The second-order valence-corrected chi connectivity index (χ2v) is 5.47.